The fourth-order valence-corrected chi connectivity index (χ4v) is 4.02. The molecule has 1 N–H and O–H groups in total. The quantitative estimate of drug-likeness (QED) is 0.355. The lowest BCUT2D eigenvalue weighted by Crippen LogP contribution is -2.30. The number of methoxy groups -OCH3 is 1. The van der Waals surface area contributed by atoms with Crippen molar-refractivity contribution < 1.29 is 18.6 Å². The number of rotatable bonds is 7. The zero-order valence-electron chi connectivity index (χ0n) is 25.8. The number of aliphatic hydroxyl groups is 1. The number of benzene rings is 2. The van der Waals surface area contributed by atoms with E-state index in [9.17, 15) is 8.78 Å². The van der Waals surface area contributed by atoms with Gasteiger partial charge in [-0.05, 0) is 93.9 Å². The van der Waals surface area contributed by atoms with Gasteiger partial charge in [0, 0.05) is 12.3 Å². The molecule has 0 amide bonds. The average molecular weight is 547 g/mol. The van der Waals surface area contributed by atoms with Crippen molar-refractivity contribution in [3.05, 3.63) is 76.5 Å². The molecule has 220 valence electrons. The SMILES string of the molecule is CC.CC1CCCN(C)C1.CCCc1ccc(C(C)=N/C(CO)=C(\C)F)cc1F.CCc1ccc(OC)cc1. The minimum Gasteiger partial charge on any atom is -0.497 e. The molecule has 1 aliphatic rings. The van der Waals surface area contributed by atoms with Crippen molar-refractivity contribution in [1.29, 1.82) is 0 Å². The van der Waals surface area contributed by atoms with Gasteiger partial charge in [0.15, 0.2) is 0 Å². The van der Waals surface area contributed by atoms with Crippen LogP contribution in [0.3, 0.4) is 0 Å². The van der Waals surface area contributed by atoms with Crippen molar-refractivity contribution in [2.45, 2.75) is 80.6 Å². The Kier molecular flexibility index (Phi) is 19.9. The van der Waals surface area contributed by atoms with Crippen molar-refractivity contribution in [3.8, 4) is 5.75 Å². The van der Waals surface area contributed by atoms with Crippen molar-refractivity contribution in [3.63, 3.8) is 0 Å². The molecule has 2 aromatic carbocycles. The maximum absolute atomic E-state index is 13.8. The molecule has 4 nitrogen and oxygen atoms in total. The Bertz CT molecular complexity index is 953. The molecule has 0 radical (unpaired) electrons. The maximum atomic E-state index is 13.8. The predicted octanol–water partition coefficient (Wildman–Crippen LogP) is 8.41. The topological polar surface area (TPSA) is 45.1 Å². The van der Waals surface area contributed by atoms with Gasteiger partial charge in [-0.15, -0.1) is 0 Å². The van der Waals surface area contributed by atoms with E-state index >= 15 is 0 Å². The molecular weight excluding hydrogens is 494 g/mol. The van der Waals surface area contributed by atoms with E-state index in [4.69, 9.17) is 9.84 Å². The average Bonchev–Trinajstić information content (AvgIpc) is 2.94. The number of allylic oxidation sites excluding steroid dienone is 1. The third kappa shape index (κ3) is 15.0. The van der Waals surface area contributed by atoms with E-state index in [2.05, 4.69) is 42.9 Å². The van der Waals surface area contributed by atoms with Crippen LogP contribution >= 0.6 is 0 Å². The van der Waals surface area contributed by atoms with E-state index in [1.807, 2.05) is 32.9 Å². The number of hydrogen-bond acceptors (Lipinski definition) is 4. The summed E-state index contributed by atoms with van der Waals surface area (Å²) < 4.78 is 31.8. The van der Waals surface area contributed by atoms with E-state index in [0.29, 0.717) is 23.3 Å². The van der Waals surface area contributed by atoms with Crippen LogP contribution in [0.15, 0.2) is 59.0 Å². The van der Waals surface area contributed by atoms with Crippen LogP contribution in [-0.4, -0.2) is 49.6 Å². The summed E-state index contributed by atoms with van der Waals surface area (Å²) in [5.74, 6) is 1.05. The largest absolute Gasteiger partial charge is 0.497 e. The molecule has 6 heteroatoms. The van der Waals surface area contributed by atoms with Gasteiger partial charge in [0.1, 0.15) is 17.4 Å². The molecule has 1 atom stereocenters. The first kappa shape index (κ1) is 36.4. The van der Waals surface area contributed by atoms with E-state index in [1.165, 1.54) is 44.5 Å². The molecule has 0 spiro atoms. The highest BCUT2D eigenvalue weighted by molar-refractivity contribution is 5.99. The predicted molar refractivity (Wildman–Crippen MR) is 163 cm³/mol. The Labute approximate surface area is 236 Å². The van der Waals surface area contributed by atoms with Gasteiger partial charge < -0.3 is 14.7 Å². The molecule has 3 rings (SSSR count). The summed E-state index contributed by atoms with van der Waals surface area (Å²) >= 11 is 0. The number of aryl methyl sites for hydroxylation is 2. The van der Waals surface area contributed by atoms with Crippen molar-refractivity contribution in [2.75, 3.05) is 33.9 Å². The Morgan fingerprint density at radius 2 is 1.74 bits per heavy atom. The second-order valence-electron chi connectivity index (χ2n) is 9.60. The van der Waals surface area contributed by atoms with Gasteiger partial charge in [0.05, 0.1) is 19.4 Å². The van der Waals surface area contributed by atoms with Gasteiger partial charge >= 0.3 is 0 Å². The minimum atomic E-state index is -0.537. The lowest BCUT2D eigenvalue weighted by Gasteiger charge is -2.26. The molecule has 1 aliphatic heterocycles. The van der Waals surface area contributed by atoms with Crippen LogP contribution in [0.1, 0.15) is 84.4 Å². The number of aliphatic imine (C=N–C) groups is 1. The Morgan fingerprint density at radius 3 is 2.15 bits per heavy atom. The Hall–Kier alpha value is -2.57. The van der Waals surface area contributed by atoms with Crippen LogP contribution in [0.25, 0.3) is 0 Å². The zero-order valence-corrected chi connectivity index (χ0v) is 25.8. The van der Waals surface area contributed by atoms with Crippen LogP contribution < -0.4 is 4.74 Å². The molecule has 1 saturated heterocycles. The molecular formula is C33H52F2N2O2. The van der Waals surface area contributed by atoms with Crippen molar-refractivity contribution in [1.82, 2.24) is 4.90 Å². The zero-order chi connectivity index (χ0) is 29.8. The molecule has 39 heavy (non-hydrogen) atoms. The van der Waals surface area contributed by atoms with Gasteiger partial charge in [-0.3, -0.25) is 4.99 Å². The van der Waals surface area contributed by atoms with Gasteiger partial charge in [-0.2, -0.15) is 0 Å². The monoisotopic (exact) mass is 546 g/mol. The summed E-state index contributed by atoms with van der Waals surface area (Å²) in [6.45, 7) is 15.5. The molecule has 0 aliphatic carbocycles. The molecule has 0 aromatic heterocycles. The van der Waals surface area contributed by atoms with Crippen LogP contribution in [0.4, 0.5) is 8.78 Å². The highest BCUT2D eigenvalue weighted by Crippen LogP contribution is 2.16. The number of piperidine rings is 1. The third-order valence-electron chi connectivity index (χ3n) is 6.27. The van der Waals surface area contributed by atoms with Crippen LogP contribution in [0, 0.1) is 11.7 Å². The molecule has 0 saturated carbocycles. The van der Waals surface area contributed by atoms with E-state index in [-0.39, 0.29) is 11.5 Å². The van der Waals surface area contributed by atoms with E-state index in [0.717, 1.165) is 24.5 Å². The summed E-state index contributed by atoms with van der Waals surface area (Å²) in [4.78, 5) is 6.40. The minimum absolute atomic E-state index is 0.0319. The summed E-state index contributed by atoms with van der Waals surface area (Å²) in [5.41, 5.74) is 3.04. The molecule has 1 heterocycles. The lowest BCUT2D eigenvalue weighted by atomic mass is 10.0. The number of hydrogen-bond donors (Lipinski definition) is 1. The highest BCUT2D eigenvalue weighted by atomic mass is 19.1. The van der Waals surface area contributed by atoms with Crippen LogP contribution in [0.5, 0.6) is 5.75 Å². The number of likely N-dealkylation sites (tertiary alicyclic amines) is 1. The fourth-order valence-electron chi connectivity index (χ4n) is 4.02. The van der Waals surface area contributed by atoms with E-state index in [1.54, 1.807) is 26.2 Å². The van der Waals surface area contributed by atoms with Crippen molar-refractivity contribution >= 4 is 5.71 Å². The molecule has 1 unspecified atom stereocenters. The van der Waals surface area contributed by atoms with Crippen LogP contribution in [0.2, 0.25) is 0 Å². The summed E-state index contributed by atoms with van der Waals surface area (Å²) in [5, 5.41) is 8.98. The van der Waals surface area contributed by atoms with Gasteiger partial charge in [-0.25, -0.2) is 8.78 Å². The number of aliphatic hydroxyl groups excluding tert-OH is 1. The molecule has 2 aromatic rings. The highest BCUT2D eigenvalue weighted by Gasteiger charge is 2.11. The Balaban J connectivity index is 0.000000600. The normalized spacial score (nSPS) is 15.9. The summed E-state index contributed by atoms with van der Waals surface area (Å²) in [6, 6.07) is 13.0. The molecule has 0 bridgehead atoms. The van der Waals surface area contributed by atoms with Crippen LogP contribution in [-0.2, 0) is 12.8 Å². The van der Waals surface area contributed by atoms with Gasteiger partial charge in [0.2, 0.25) is 0 Å². The maximum Gasteiger partial charge on any atom is 0.127 e. The first-order valence-corrected chi connectivity index (χ1v) is 14.3. The number of nitrogens with zero attached hydrogens (tertiary/aromatic N) is 2. The number of ether oxygens (including phenoxy) is 1. The molecule has 1 fully saturated rings. The summed E-state index contributed by atoms with van der Waals surface area (Å²) in [6.07, 6.45) is 5.49. The van der Waals surface area contributed by atoms with Gasteiger partial charge in [-0.1, -0.05) is 65.3 Å². The second-order valence-corrected chi connectivity index (χ2v) is 9.60. The number of halogens is 2. The lowest BCUT2D eigenvalue weighted by molar-refractivity contribution is 0.221. The van der Waals surface area contributed by atoms with E-state index < -0.39 is 12.4 Å². The summed E-state index contributed by atoms with van der Waals surface area (Å²) in [7, 11) is 3.89. The fraction of sp³-hybridized carbons (Fsp3) is 0.545. The smallest absolute Gasteiger partial charge is 0.127 e. The first-order valence-electron chi connectivity index (χ1n) is 14.3. The van der Waals surface area contributed by atoms with Crippen molar-refractivity contribution in [2.24, 2.45) is 10.9 Å². The second kappa shape index (κ2) is 21.3. The Morgan fingerprint density at radius 1 is 1.10 bits per heavy atom. The standard InChI is InChI=1S/C15H19F2NO.C9H12O.C7H15N.C2H6/c1-4-5-12-6-7-13(8-14(12)17)11(3)18-15(9-19)10(2)16;1-3-8-4-6-9(10-2)7-5-8;1-7-4-3-5-8(2)6-7;1-2/h6-8,19H,4-5,9H2,1-3H3;4-7H,3H2,1-2H3;7H,3-6H2,1-2H3;1-2H3/b15-10+,18-11?;;;. The van der Waals surface area contributed by atoms with Gasteiger partial charge in [0.25, 0.3) is 0 Å². The first-order chi connectivity index (χ1) is 18.6. The third-order valence-corrected chi connectivity index (χ3v) is 6.27.